The first-order valence-electron chi connectivity index (χ1n) is 10.9. The molecule has 9 nitrogen and oxygen atoms in total. The van der Waals surface area contributed by atoms with Crippen LogP contribution in [0.3, 0.4) is 0 Å². The number of nitrogens with one attached hydrogen (secondary N) is 1. The highest BCUT2D eigenvalue weighted by molar-refractivity contribution is 7.49. The van der Waals surface area contributed by atoms with Crippen molar-refractivity contribution in [3.05, 3.63) is 76.6 Å². The molecule has 0 bridgehead atoms. The van der Waals surface area contributed by atoms with Gasteiger partial charge in [0.05, 0.1) is 5.69 Å². The Bertz CT molecular complexity index is 1170. The standard InChI is InChI=1S/C24H28N3O6PS/c1-16(2)22(27(34(31,32)33)15-19-6-5-13-35-19)23(28)26-21(24(29)30)14-17-8-10-18(11-9-17)20-7-3-4-12-25-20/h3-13,16,21-22H,14-15H2,1-2H3,(H,26,28)(H,29,30)(H2,31,32,33). The van der Waals surface area contributed by atoms with Crippen LogP contribution in [0.25, 0.3) is 11.3 Å². The van der Waals surface area contributed by atoms with E-state index in [-0.39, 0.29) is 13.0 Å². The lowest BCUT2D eigenvalue weighted by Crippen LogP contribution is -2.53. The Hall–Kier alpha value is -2.88. The van der Waals surface area contributed by atoms with E-state index in [4.69, 9.17) is 0 Å². The molecule has 0 aliphatic carbocycles. The molecule has 3 rings (SSSR count). The van der Waals surface area contributed by atoms with E-state index >= 15 is 0 Å². The molecule has 186 valence electrons. The fraction of sp³-hybridized carbons (Fsp3) is 0.292. The average molecular weight is 518 g/mol. The maximum atomic E-state index is 13.2. The number of carboxylic acids is 1. The molecule has 0 fully saturated rings. The molecule has 3 aromatic rings. The summed E-state index contributed by atoms with van der Waals surface area (Å²) in [5.41, 5.74) is 2.34. The van der Waals surface area contributed by atoms with Crippen molar-refractivity contribution in [2.75, 3.05) is 0 Å². The molecular weight excluding hydrogens is 489 g/mol. The van der Waals surface area contributed by atoms with Gasteiger partial charge >= 0.3 is 13.7 Å². The van der Waals surface area contributed by atoms with E-state index in [1.807, 2.05) is 30.3 Å². The van der Waals surface area contributed by atoms with Gasteiger partial charge in [0.2, 0.25) is 5.91 Å². The zero-order valence-electron chi connectivity index (χ0n) is 19.3. The Kier molecular flexibility index (Phi) is 8.93. The molecule has 2 heterocycles. The lowest BCUT2D eigenvalue weighted by atomic mass is 10.0. The number of aliphatic carboxylic acids is 1. The molecule has 11 heteroatoms. The second-order valence-corrected chi connectivity index (χ2v) is 11.0. The van der Waals surface area contributed by atoms with Gasteiger partial charge in [-0.05, 0) is 35.1 Å². The minimum absolute atomic E-state index is 0.00915. The Balaban J connectivity index is 1.77. The second kappa shape index (κ2) is 11.7. The van der Waals surface area contributed by atoms with Gasteiger partial charge in [0.1, 0.15) is 12.1 Å². The van der Waals surface area contributed by atoms with Gasteiger partial charge in [-0.3, -0.25) is 9.78 Å². The number of hydrogen-bond donors (Lipinski definition) is 4. The van der Waals surface area contributed by atoms with Crippen LogP contribution in [-0.2, 0) is 27.1 Å². The van der Waals surface area contributed by atoms with Gasteiger partial charge in [-0.2, -0.15) is 4.67 Å². The Morgan fingerprint density at radius 1 is 1.09 bits per heavy atom. The topological polar surface area (TPSA) is 140 Å². The third-order valence-electron chi connectivity index (χ3n) is 5.42. The van der Waals surface area contributed by atoms with Crippen molar-refractivity contribution >= 4 is 31.0 Å². The first kappa shape index (κ1) is 26.7. The summed E-state index contributed by atoms with van der Waals surface area (Å²) in [7, 11) is -4.82. The predicted octanol–water partition coefficient (Wildman–Crippen LogP) is 3.54. The van der Waals surface area contributed by atoms with Crippen LogP contribution >= 0.6 is 19.1 Å². The van der Waals surface area contributed by atoms with Gasteiger partial charge in [0.15, 0.2) is 0 Å². The minimum atomic E-state index is -4.82. The largest absolute Gasteiger partial charge is 0.480 e. The van der Waals surface area contributed by atoms with E-state index in [0.29, 0.717) is 10.4 Å². The summed E-state index contributed by atoms with van der Waals surface area (Å²) in [5.74, 6) is -2.48. The number of aromatic nitrogens is 1. The summed E-state index contributed by atoms with van der Waals surface area (Å²) >= 11 is 1.31. The van der Waals surface area contributed by atoms with E-state index < -0.39 is 37.6 Å². The van der Waals surface area contributed by atoms with Crippen LogP contribution in [0.4, 0.5) is 0 Å². The fourth-order valence-electron chi connectivity index (χ4n) is 3.73. The number of pyridine rings is 1. The van der Waals surface area contributed by atoms with Crippen LogP contribution in [-0.4, -0.2) is 48.5 Å². The summed E-state index contributed by atoms with van der Waals surface area (Å²) in [5, 5.41) is 14.0. The Morgan fingerprint density at radius 2 is 1.80 bits per heavy atom. The molecule has 4 N–H and O–H groups in total. The van der Waals surface area contributed by atoms with Crippen molar-refractivity contribution in [3.8, 4) is 11.3 Å². The zero-order valence-corrected chi connectivity index (χ0v) is 21.0. The first-order chi connectivity index (χ1) is 16.6. The molecule has 0 spiro atoms. The van der Waals surface area contributed by atoms with Crippen LogP contribution in [0.15, 0.2) is 66.2 Å². The SMILES string of the molecule is CC(C)C(C(=O)NC(Cc1ccc(-c2ccccn2)cc1)C(=O)O)N(Cc1cccs1)P(=O)(O)O. The zero-order chi connectivity index (χ0) is 25.6. The molecule has 0 radical (unpaired) electrons. The van der Waals surface area contributed by atoms with E-state index in [0.717, 1.165) is 15.9 Å². The first-order valence-corrected chi connectivity index (χ1v) is 13.4. The summed E-state index contributed by atoms with van der Waals surface area (Å²) < 4.78 is 13.1. The Morgan fingerprint density at radius 3 is 2.31 bits per heavy atom. The van der Waals surface area contributed by atoms with E-state index in [1.165, 1.54) is 11.3 Å². The van der Waals surface area contributed by atoms with Crippen LogP contribution < -0.4 is 5.32 Å². The van der Waals surface area contributed by atoms with Gasteiger partial charge in [-0.25, -0.2) is 9.36 Å². The number of amides is 1. The van der Waals surface area contributed by atoms with Crippen LogP contribution in [0.1, 0.15) is 24.3 Å². The molecule has 2 aromatic heterocycles. The van der Waals surface area contributed by atoms with Crippen molar-refractivity contribution in [3.63, 3.8) is 0 Å². The van der Waals surface area contributed by atoms with Crippen molar-refractivity contribution in [1.82, 2.24) is 15.0 Å². The lowest BCUT2D eigenvalue weighted by molar-refractivity contribution is -0.142. The maximum absolute atomic E-state index is 13.2. The van der Waals surface area contributed by atoms with E-state index in [9.17, 15) is 29.0 Å². The van der Waals surface area contributed by atoms with Crippen molar-refractivity contribution in [1.29, 1.82) is 0 Å². The molecule has 2 atom stereocenters. The fourth-order valence-corrected chi connectivity index (χ4v) is 5.57. The summed E-state index contributed by atoms with van der Waals surface area (Å²) in [4.78, 5) is 50.1. The van der Waals surface area contributed by atoms with Crippen LogP contribution in [0.5, 0.6) is 0 Å². The molecule has 1 amide bonds. The van der Waals surface area contributed by atoms with Crippen molar-refractivity contribution < 1.29 is 29.0 Å². The van der Waals surface area contributed by atoms with E-state index in [1.54, 1.807) is 49.7 Å². The normalized spacial score (nSPS) is 13.5. The summed E-state index contributed by atoms with van der Waals surface area (Å²) in [6.07, 6.45) is 1.69. The molecule has 0 saturated heterocycles. The molecule has 35 heavy (non-hydrogen) atoms. The molecular formula is C24H28N3O6PS. The summed E-state index contributed by atoms with van der Waals surface area (Å²) in [6, 6.07) is 13.7. The highest BCUT2D eigenvalue weighted by Crippen LogP contribution is 2.45. The number of carbonyl (C=O) groups excluding carboxylic acids is 1. The molecule has 2 unspecified atom stereocenters. The predicted molar refractivity (Wildman–Crippen MR) is 133 cm³/mol. The molecule has 0 aliphatic heterocycles. The number of hydrogen-bond acceptors (Lipinski definition) is 5. The number of nitrogens with zero attached hydrogens (tertiary/aromatic N) is 2. The third kappa shape index (κ3) is 7.30. The number of thiophene rings is 1. The highest BCUT2D eigenvalue weighted by Gasteiger charge is 2.40. The molecule has 0 aliphatic rings. The van der Waals surface area contributed by atoms with Crippen LogP contribution in [0, 0.1) is 5.92 Å². The maximum Gasteiger partial charge on any atom is 0.404 e. The number of rotatable bonds is 11. The second-order valence-electron chi connectivity index (χ2n) is 8.39. The smallest absolute Gasteiger partial charge is 0.404 e. The monoisotopic (exact) mass is 517 g/mol. The number of carbonyl (C=O) groups is 2. The van der Waals surface area contributed by atoms with E-state index in [2.05, 4.69) is 10.3 Å². The summed E-state index contributed by atoms with van der Waals surface area (Å²) in [6.45, 7) is 3.19. The quantitative estimate of drug-likeness (QED) is 0.283. The van der Waals surface area contributed by atoms with Gasteiger partial charge in [-0.15, -0.1) is 11.3 Å². The minimum Gasteiger partial charge on any atom is -0.480 e. The number of carboxylic acid groups (broad SMARTS) is 1. The molecule has 0 saturated carbocycles. The Labute approximate surface area is 207 Å². The van der Waals surface area contributed by atoms with Crippen molar-refractivity contribution in [2.24, 2.45) is 5.92 Å². The van der Waals surface area contributed by atoms with Gasteiger partial charge in [0, 0.05) is 29.6 Å². The third-order valence-corrected chi connectivity index (χ3v) is 7.34. The van der Waals surface area contributed by atoms with Crippen molar-refractivity contribution in [2.45, 2.75) is 38.9 Å². The van der Waals surface area contributed by atoms with Gasteiger partial charge in [-0.1, -0.05) is 50.2 Å². The number of benzene rings is 1. The lowest BCUT2D eigenvalue weighted by Gasteiger charge is -2.33. The highest BCUT2D eigenvalue weighted by atomic mass is 32.1. The molecule has 1 aromatic carbocycles. The van der Waals surface area contributed by atoms with Gasteiger partial charge in [0.25, 0.3) is 0 Å². The van der Waals surface area contributed by atoms with Crippen LogP contribution in [0.2, 0.25) is 0 Å². The average Bonchev–Trinajstić information content (AvgIpc) is 3.32. The van der Waals surface area contributed by atoms with Gasteiger partial charge < -0.3 is 20.2 Å².